The van der Waals surface area contributed by atoms with Gasteiger partial charge in [-0.1, -0.05) is 0 Å². The number of nitrogens with zero attached hydrogens (tertiary/aromatic N) is 2. The molecule has 7 nitrogen and oxygen atoms in total. The van der Waals surface area contributed by atoms with Crippen molar-refractivity contribution in [1.29, 1.82) is 0 Å². The molecule has 4 atom stereocenters. The number of hydrogen-bond acceptors (Lipinski definition) is 3. The first-order valence-electron chi connectivity index (χ1n) is 6.95. The SMILES string of the molecule is CCN1C(=O)N[C@H]2[C@@H]3NC(=O)c4ccc(Br)n4[C@@H]3C[C@]21O. The molecular weight excluding hydrogens is 340 g/mol. The number of urea groups is 1. The lowest BCUT2D eigenvalue weighted by atomic mass is 10.1. The molecule has 21 heavy (non-hydrogen) atoms. The summed E-state index contributed by atoms with van der Waals surface area (Å²) in [5, 5.41) is 16.7. The molecule has 3 heterocycles. The summed E-state index contributed by atoms with van der Waals surface area (Å²) in [5.74, 6) is -0.185. The first-order chi connectivity index (χ1) is 9.97. The topological polar surface area (TPSA) is 86.6 Å². The average Bonchev–Trinajstić information content (AvgIpc) is 3.00. The van der Waals surface area contributed by atoms with Gasteiger partial charge in [0.25, 0.3) is 5.91 Å². The highest BCUT2D eigenvalue weighted by atomic mass is 79.9. The van der Waals surface area contributed by atoms with Crippen LogP contribution in [-0.4, -0.2) is 50.9 Å². The minimum atomic E-state index is -1.26. The molecule has 3 N–H and O–H groups in total. The van der Waals surface area contributed by atoms with Gasteiger partial charge in [0.2, 0.25) is 0 Å². The number of rotatable bonds is 1. The van der Waals surface area contributed by atoms with Crippen molar-refractivity contribution in [3.05, 3.63) is 22.4 Å². The highest BCUT2D eigenvalue weighted by Crippen LogP contribution is 2.46. The van der Waals surface area contributed by atoms with Crippen molar-refractivity contribution >= 4 is 27.9 Å². The summed E-state index contributed by atoms with van der Waals surface area (Å²) in [4.78, 5) is 25.6. The van der Waals surface area contributed by atoms with Gasteiger partial charge >= 0.3 is 6.03 Å². The molecule has 2 fully saturated rings. The molecule has 0 bridgehead atoms. The maximum atomic E-state index is 12.2. The second-order valence-electron chi connectivity index (χ2n) is 5.73. The highest BCUT2D eigenvalue weighted by molar-refractivity contribution is 9.10. The molecule has 1 aliphatic carbocycles. The van der Waals surface area contributed by atoms with Gasteiger partial charge < -0.3 is 20.3 Å². The van der Waals surface area contributed by atoms with Crippen LogP contribution in [0.3, 0.4) is 0 Å². The Morgan fingerprint density at radius 3 is 2.90 bits per heavy atom. The third-order valence-corrected chi connectivity index (χ3v) is 5.47. The van der Waals surface area contributed by atoms with Crippen LogP contribution in [0.1, 0.15) is 29.9 Å². The van der Waals surface area contributed by atoms with Gasteiger partial charge in [0.05, 0.1) is 16.7 Å². The van der Waals surface area contributed by atoms with Gasteiger partial charge in [0.15, 0.2) is 5.72 Å². The molecule has 2 aliphatic heterocycles. The minimum absolute atomic E-state index is 0.0910. The van der Waals surface area contributed by atoms with E-state index >= 15 is 0 Å². The second kappa shape index (κ2) is 4.01. The average molecular weight is 355 g/mol. The fraction of sp³-hybridized carbons (Fsp3) is 0.538. The van der Waals surface area contributed by atoms with Gasteiger partial charge in [-0.15, -0.1) is 0 Å². The first kappa shape index (κ1) is 13.1. The van der Waals surface area contributed by atoms with Crippen LogP contribution in [0.5, 0.6) is 0 Å². The maximum Gasteiger partial charge on any atom is 0.320 e. The number of nitrogens with one attached hydrogen (secondary N) is 2. The molecule has 1 saturated carbocycles. The number of aromatic nitrogens is 1. The smallest absolute Gasteiger partial charge is 0.320 e. The summed E-state index contributed by atoms with van der Waals surface area (Å²) >= 11 is 3.46. The van der Waals surface area contributed by atoms with E-state index in [-0.39, 0.29) is 24.0 Å². The highest BCUT2D eigenvalue weighted by Gasteiger charge is 2.64. The maximum absolute atomic E-state index is 12.2. The Kier molecular flexibility index (Phi) is 2.51. The first-order valence-corrected chi connectivity index (χ1v) is 7.74. The van der Waals surface area contributed by atoms with Crippen LogP contribution in [0.15, 0.2) is 16.7 Å². The van der Waals surface area contributed by atoms with Crippen molar-refractivity contribution in [1.82, 2.24) is 20.1 Å². The zero-order valence-electron chi connectivity index (χ0n) is 11.3. The van der Waals surface area contributed by atoms with Crippen LogP contribution in [0.2, 0.25) is 0 Å². The van der Waals surface area contributed by atoms with Crippen LogP contribution in [-0.2, 0) is 0 Å². The van der Waals surface area contributed by atoms with Crippen molar-refractivity contribution in [2.75, 3.05) is 6.54 Å². The fourth-order valence-electron chi connectivity index (χ4n) is 3.96. The Balaban J connectivity index is 1.81. The van der Waals surface area contributed by atoms with E-state index in [4.69, 9.17) is 0 Å². The Labute approximate surface area is 129 Å². The summed E-state index contributed by atoms with van der Waals surface area (Å²) < 4.78 is 2.71. The molecule has 0 unspecified atom stereocenters. The monoisotopic (exact) mass is 354 g/mol. The lowest BCUT2D eigenvalue weighted by molar-refractivity contribution is -0.0655. The molecule has 1 saturated heterocycles. The Bertz CT molecular complexity index is 660. The van der Waals surface area contributed by atoms with E-state index in [1.807, 2.05) is 17.6 Å². The third kappa shape index (κ3) is 1.46. The number of carbonyl (C=O) groups excluding carboxylic acids is 2. The fourth-order valence-corrected chi connectivity index (χ4v) is 4.55. The normalized spacial score (nSPS) is 36.9. The van der Waals surface area contributed by atoms with Crippen LogP contribution in [0.25, 0.3) is 0 Å². The van der Waals surface area contributed by atoms with Crippen LogP contribution in [0, 0.1) is 0 Å². The molecule has 0 radical (unpaired) electrons. The number of likely N-dealkylation sites (N-methyl/N-ethyl adjacent to an activating group) is 1. The van der Waals surface area contributed by atoms with E-state index < -0.39 is 11.8 Å². The van der Waals surface area contributed by atoms with Gasteiger partial charge in [-0.05, 0) is 35.0 Å². The molecule has 3 amide bonds. The minimum Gasteiger partial charge on any atom is -0.368 e. The van der Waals surface area contributed by atoms with Gasteiger partial charge in [0, 0.05) is 13.0 Å². The van der Waals surface area contributed by atoms with Crippen molar-refractivity contribution in [3.8, 4) is 0 Å². The van der Waals surface area contributed by atoms with Gasteiger partial charge in [0.1, 0.15) is 11.7 Å². The van der Waals surface area contributed by atoms with Crippen LogP contribution < -0.4 is 10.6 Å². The van der Waals surface area contributed by atoms with Crippen molar-refractivity contribution in [2.24, 2.45) is 0 Å². The Morgan fingerprint density at radius 1 is 1.43 bits per heavy atom. The molecule has 0 spiro atoms. The quantitative estimate of drug-likeness (QED) is 0.682. The van der Waals surface area contributed by atoms with Gasteiger partial charge in [-0.3, -0.25) is 9.69 Å². The van der Waals surface area contributed by atoms with Crippen molar-refractivity contribution in [3.63, 3.8) is 0 Å². The van der Waals surface area contributed by atoms with E-state index in [0.717, 1.165) is 4.60 Å². The predicted octanol–water partition coefficient (Wildman–Crippen LogP) is 0.410. The predicted molar refractivity (Wildman–Crippen MR) is 76.7 cm³/mol. The summed E-state index contributed by atoms with van der Waals surface area (Å²) in [7, 11) is 0. The number of hydrogen-bond donors (Lipinski definition) is 3. The zero-order chi connectivity index (χ0) is 14.9. The van der Waals surface area contributed by atoms with Gasteiger partial charge in [-0.25, -0.2) is 4.79 Å². The molecule has 3 aliphatic rings. The molecular formula is C13H15BrN4O3. The Hall–Kier alpha value is -1.54. The number of carbonyl (C=O) groups is 2. The van der Waals surface area contributed by atoms with E-state index in [1.165, 1.54) is 4.90 Å². The molecule has 1 aromatic heterocycles. The molecule has 112 valence electrons. The van der Waals surface area contributed by atoms with E-state index in [0.29, 0.717) is 18.7 Å². The lowest BCUT2D eigenvalue weighted by Gasteiger charge is -2.32. The number of aliphatic hydroxyl groups is 1. The standard InChI is InChI=1S/C13H15BrN4O3/c1-2-17-12(20)16-10-9-7(5-13(10,17)21)18-6(11(19)15-9)3-4-8(18)14/h3-4,7,9-10,21H,2,5H2,1H3,(H,15,19)(H,16,20)/t7-,9-,10+,13+/m1/s1. The largest absolute Gasteiger partial charge is 0.368 e. The molecule has 1 aromatic rings. The molecule has 4 rings (SSSR count). The summed E-state index contributed by atoms with van der Waals surface area (Å²) in [6, 6.07) is 2.39. The lowest BCUT2D eigenvalue weighted by Crippen LogP contribution is -2.56. The summed E-state index contributed by atoms with van der Waals surface area (Å²) in [6.07, 6.45) is 0.384. The number of halogens is 1. The Morgan fingerprint density at radius 2 is 2.19 bits per heavy atom. The van der Waals surface area contributed by atoms with Crippen LogP contribution in [0.4, 0.5) is 4.79 Å². The zero-order valence-corrected chi connectivity index (χ0v) is 12.9. The van der Waals surface area contributed by atoms with Crippen molar-refractivity contribution < 1.29 is 14.7 Å². The van der Waals surface area contributed by atoms with E-state index in [9.17, 15) is 14.7 Å². The molecule has 8 heteroatoms. The molecule has 0 aromatic carbocycles. The van der Waals surface area contributed by atoms with Crippen LogP contribution >= 0.6 is 15.9 Å². The summed E-state index contributed by atoms with van der Waals surface area (Å²) in [5.41, 5.74) is -0.694. The number of fused-ring (bicyclic) bond motifs is 5. The van der Waals surface area contributed by atoms with E-state index in [1.54, 1.807) is 6.07 Å². The number of amides is 3. The van der Waals surface area contributed by atoms with Gasteiger partial charge in [-0.2, -0.15) is 0 Å². The van der Waals surface area contributed by atoms with Crippen molar-refractivity contribution in [2.45, 2.75) is 37.2 Å². The summed E-state index contributed by atoms with van der Waals surface area (Å²) in [6.45, 7) is 2.25. The third-order valence-electron chi connectivity index (χ3n) is 4.82. The second-order valence-corrected chi connectivity index (χ2v) is 6.54. The van der Waals surface area contributed by atoms with E-state index in [2.05, 4.69) is 26.6 Å².